The molecule has 0 radical (unpaired) electrons. The monoisotopic (exact) mass is 331 g/mol. The number of carbonyl (C=O) groups excluding carboxylic acids is 1. The minimum atomic E-state index is -1.10. The molecule has 1 aromatic heterocycles. The number of fused-ring (bicyclic) bond motifs is 1. The number of hydrogen-bond donors (Lipinski definition) is 3. The number of amides is 2. The summed E-state index contributed by atoms with van der Waals surface area (Å²) >= 11 is 0. The number of anilines is 1. The number of imidazole rings is 1. The first-order valence-electron chi connectivity index (χ1n) is 7.99. The molecule has 0 spiro atoms. The molecule has 24 heavy (non-hydrogen) atoms. The van der Waals surface area contributed by atoms with E-state index in [0.717, 1.165) is 47.8 Å². The number of H-pyrrole nitrogens is 1. The Balaban J connectivity index is 1.58. The van der Waals surface area contributed by atoms with Crippen LogP contribution >= 0.6 is 0 Å². The van der Waals surface area contributed by atoms with Gasteiger partial charge in [-0.3, -0.25) is 9.69 Å². The Morgan fingerprint density at radius 2 is 2.04 bits per heavy atom. The molecule has 8 heteroatoms. The minimum Gasteiger partial charge on any atom is -0.465 e. The lowest BCUT2D eigenvalue weighted by Gasteiger charge is -2.33. The number of para-hydroxylation sites is 2. The molecule has 2 aromatic rings. The highest BCUT2D eigenvalue weighted by molar-refractivity contribution is 5.80. The predicted molar refractivity (Wildman–Crippen MR) is 89.8 cm³/mol. The molecule has 1 saturated heterocycles. The summed E-state index contributed by atoms with van der Waals surface area (Å²) in [5.74, 6) is 0.445. The van der Waals surface area contributed by atoms with Gasteiger partial charge < -0.3 is 20.7 Å². The Labute approximate surface area is 139 Å². The molecular weight excluding hydrogens is 310 g/mol. The van der Waals surface area contributed by atoms with Gasteiger partial charge >= 0.3 is 6.09 Å². The lowest BCUT2D eigenvalue weighted by Crippen LogP contribution is -2.43. The molecule has 0 bridgehead atoms. The summed E-state index contributed by atoms with van der Waals surface area (Å²) in [4.78, 5) is 33.3. The number of nitrogens with zero attached hydrogens (tertiary/aromatic N) is 3. The quantitative estimate of drug-likeness (QED) is 0.762. The predicted octanol–water partition coefficient (Wildman–Crippen LogP) is 1.24. The van der Waals surface area contributed by atoms with E-state index in [4.69, 9.17) is 10.8 Å². The van der Waals surface area contributed by atoms with Crippen LogP contribution < -0.4 is 10.6 Å². The maximum atomic E-state index is 11.2. The van der Waals surface area contributed by atoms with Gasteiger partial charge in [-0.1, -0.05) is 12.1 Å². The molecule has 3 rings (SSSR count). The SMILES string of the molecule is NC(=O)CN(CC1CCN(c2nc3ccccc3[nH]2)CC1)C(=O)O. The van der Waals surface area contributed by atoms with Crippen LogP contribution in [0.5, 0.6) is 0 Å². The molecule has 128 valence electrons. The highest BCUT2D eigenvalue weighted by atomic mass is 16.4. The fraction of sp³-hybridized carbons (Fsp3) is 0.438. The lowest BCUT2D eigenvalue weighted by atomic mass is 9.96. The first kappa shape index (κ1) is 16.1. The third-order valence-electron chi connectivity index (χ3n) is 4.39. The summed E-state index contributed by atoms with van der Waals surface area (Å²) in [6.07, 6.45) is 0.590. The number of nitrogens with two attached hydrogens (primary N) is 1. The van der Waals surface area contributed by atoms with Crippen molar-refractivity contribution in [3.63, 3.8) is 0 Å². The van der Waals surface area contributed by atoms with E-state index >= 15 is 0 Å². The number of nitrogens with one attached hydrogen (secondary N) is 1. The van der Waals surface area contributed by atoms with Crippen LogP contribution in [-0.2, 0) is 4.79 Å². The largest absolute Gasteiger partial charge is 0.465 e. The van der Waals surface area contributed by atoms with E-state index in [1.807, 2.05) is 24.3 Å². The zero-order chi connectivity index (χ0) is 17.1. The first-order chi connectivity index (χ1) is 11.5. The fourth-order valence-corrected chi connectivity index (χ4v) is 3.13. The number of primary amides is 1. The number of carboxylic acid groups (broad SMARTS) is 1. The molecule has 1 aliphatic rings. The second-order valence-electron chi connectivity index (χ2n) is 6.14. The Morgan fingerprint density at radius 1 is 1.33 bits per heavy atom. The van der Waals surface area contributed by atoms with Gasteiger partial charge in [0, 0.05) is 19.6 Å². The van der Waals surface area contributed by atoms with E-state index in [0.29, 0.717) is 6.54 Å². The van der Waals surface area contributed by atoms with Crippen molar-refractivity contribution in [2.45, 2.75) is 12.8 Å². The van der Waals surface area contributed by atoms with Crippen molar-refractivity contribution in [3.05, 3.63) is 24.3 Å². The van der Waals surface area contributed by atoms with E-state index in [1.54, 1.807) is 0 Å². The van der Waals surface area contributed by atoms with E-state index in [2.05, 4.69) is 14.9 Å². The number of piperidine rings is 1. The maximum absolute atomic E-state index is 11.2. The average Bonchev–Trinajstić information content (AvgIpc) is 2.98. The Hall–Kier alpha value is -2.77. The molecule has 4 N–H and O–H groups in total. The van der Waals surface area contributed by atoms with E-state index < -0.39 is 12.0 Å². The van der Waals surface area contributed by atoms with Crippen molar-refractivity contribution >= 4 is 29.0 Å². The molecule has 1 aliphatic heterocycles. The molecular formula is C16H21N5O3. The zero-order valence-electron chi connectivity index (χ0n) is 13.3. The van der Waals surface area contributed by atoms with Gasteiger partial charge in [0.15, 0.2) is 0 Å². The standard InChI is InChI=1S/C16H21N5O3/c17-14(22)10-21(16(23)24)9-11-5-7-20(8-6-11)15-18-12-3-1-2-4-13(12)19-15/h1-4,11H,5-10H2,(H2,17,22)(H,18,19)(H,23,24). The van der Waals surface area contributed by atoms with Gasteiger partial charge in [0.05, 0.1) is 11.0 Å². The average molecular weight is 331 g/mol. The van der Waals surface area contributed by atoms with E-state index in [9.17, 15) is 9.59 Å². The summed E-state index contributed by atoms with van der Waals surface area (Å²) in [5.41, 5.74) is 7.05. The van der Waals surface area contributed by atoms with Crippen LogP contribution in [0.3, 0.4) is 0 Å². The summed E-state index contributed by atoms with van der Waals surface area (Å²) in [7, 11) is 0. The van der Waals surface area contributed by atoms with Crippen LogP contribution in [0.25, 0.3) is 11.0 Å². The van der Waals surface area contributed by atoms with Crippen molar-refractivity contribution < 1.29 is 14.7 Å². The topological polar surface area (TPSA) is 116 Å². The summed E-state index contributed by atoms with van der Waals surface area (Å²) < 4.78 is 0. The molecule has 0 atom stereocenters. The third kappa shape index (κ3) is 3.58. The van der Waals surface area contributed by atoms with Crippen LogP contribution in [-0.4, -0.2) is 58.2 Å². The molecule has 8 nitrogen and oxygen atoms in total. The van der Waals surface area contributed by atoms with Gasteiger partial charge in [-0.25, -0.2) is 9.78 Å². The van der Waals surface area contributed by atoms with Gasteiger partial charge in [0.1, 0.15) is 6.54 Å². The number of aromatic amines is 1. The van der Waals surface area contributed by atoms with Crippen molar-refractivity contribution in [2.75, 3.05) is 31.1 Å². The lowest BCUT2D eigenvalue weighted by molar-refractivity contribution is -0.119. The maximum Gasteiger partial charge on any atom is 0.407 e. The number of rotatable bonds is 5. The number of carbonyl (C=O) groups is 2. The molecule has 0 unspecified atom stereocenters. The summed E-state index contributed by atoms with van der Waals surface area (Å²) in [6, 6.07) is 7.89. The molecule has 1 aromatic carbocycles. The van der Waals surface area contributed by atoms with Gasteiger partial charge in [-0.15, -0.1) is 0 Å². The fourth-order valence-electron chi connectivity index (χ4n) is 3.13. The van der Waals surface area contributed by atoms with Crippen molar-refractivity contribution in [1.82, 2.24) is 14.9 Å². The van der Waals surface area contributed by atoms with Crippen molar-refractivity contribution in [2.24, 2.45) is 11.7 Å². The van der Waals surface area contributed by atoms with Gasteiger partial charge in [0.2, 0.25) is 11.9 Å². The minimum absolute atomic E-state index is 0.223. The van der Waals surface area contributed by atoms with Gasteiger partial charge in [-0.05, 0) is 30.9 Å². The van der Waals surface area contributed by atoms with E-state index in [-0.39, 0.29) is 12.5 Å². The smallest absolute Gasteiger partial charge is 0.407 e. The Morgan fingerprint density at radius 3 is 2.67 bits per heavy atom. The van der Waals surface area contributed by atoms with E-state index in [1.165, 1.54) is 0 Å². The highest BCUT2D eigenvalue weighted by Crippen LogP contribution is 2.24. The molecule has 0 aliphatic carbocycles. The van der Waals surface area contributed by atoms with Crippen LogP contribution in [0.2, 0.25) is 0 Å². The number of aromatic nitrogens is 2. The summed E-state index contributed by atoms with van der Waals surface area (Å²) in [5, 5.41) is 9.16. The first-order valence-corrected chi connectivity index (χ1v) is 7.99. The van der Waals surface area contributed by atoms with Crippen LogP contribution in [0.4, 0.5) is 10.7 Å². The molecule has 2 amide bonds. The Bertz CT molecular complexity index is 703. The van der Waals surface area contributed by atoms with Crippen LogP contribution in [0, 0.1) is 5.92 Å². The van der Waals surface area contributed by atoms with Crippen molar-refractivity contribution in [3.8, 4) is 0 Å². The highest BCUT2D eigenvalue weighted by Gasteiger charge is 2.25. The Kier molecular flexibility index (Phi) is 4.54. The third-order valence-corrected chi connectivity index (χ3v) is 4.39. The number of benzene rings is 1. The molecule has 2 heterocycles. The second kappa shape index (κ2) is 6.77. The normalized spacial score (nSPS) is 15.6. The van der Waals surface area contributed by atoms with Crippen LogP contribution in [0.15, 0.2) is 24.3 Å². The van der Waals surface area contributed by atoms with Gasteiger partial charge in [-0.2, -0.15) is 0 Å². The second-order valence-corrected chi connectivity index (χ2v) is 6.14. The zero-order valence-corrected chi connectivity index (χ0v) is 13.3. The van der Waals surface area contributed by atoms with Crippen LogP contribution in [0.1, 0.15) is 12.8 Å². The van der Waals surface area contributed by atoms with Crippen molar-refractivity contribution in [1.29, 1.82) is 0 Å². The molecule has 0 saturated carbocycles. The molecule has 1 fully saturated rings. The summed E-state index contributed by atoms with van der Waals surface area (Å²) in [6.45, 7) is 1.69. The number of hydrogen-bond acceptors (Lipinski definition) is 4. The van der Waals surface area contributed by atoms with Gasteiger partial charge in [0.25, 0.3) is 0 Å².